The van der Waals surface area contributed by atoms with Crippen molar-refractivity contribution < 1.29 is 38.3 Å². The van der Waals surface area contributed by atoms with E-state index in [4.69, 9.17) is 0 Å². The standard InChI is InChI=1S/3C4H10N.ClH.Hf/c3*1-3-5-4-2;;/h3*3-4H2,1-2H3;1H;/q3*-1;;+4/p-1. The predicted octanol–water partition coefficient (Wildman–Crippen LogP) is 1.20. The van der Waals surface area contributed by atoms with Gasteiger partial charge < -0.3 is 28.4 Å². The molecule has 0 aliphatic heterocycles. The number of hydrogen-bond acceptors (Lipinski definition) is 0. The maximum Gasteiger partial charge on any atom is 4.00 e. The molecule has 104 valence electrons. The van der Waals surface area contributed by atoms with E-state index in [1.54, 1.807) is 0 Å². The van der Waals surface area contributed by atoms with Gasteiger partial charge in [0.05, 0.1) is 0 Å². The zero-order valence-corrected chi connectivity index (χ0v) is 16.8. The second kappa shape index (κ2) is 43.5. The summed E-state index contributed by atoms with van der Waals surface area (Å²) in [5, 5.41) is 11.9. The molecule has 0 aliphatic rings. The molecule has 0 rings (SSSR count). The van der Waals surface area contributed by atoms with Crippen LogP contribution in [-0.4, -0.2) is 39.3 Å². The summed E-state index contributed by atoms with van der Waals surface area (Å²) in [5.41, 5.74) is 0. The minimum Gasteiger partial charge on any atom is -1.00 e. The quantitative estimate of drug-likeness (QED) is 0.569. The molecular weight excluding hydrogens is 400 g/mol. The molecule has 0 N–H and O–H groups in total. The van der Waals surface area contributed by atoms with Crippen LogP contribution in [0.25, 0.3) is 16.0 Å². The summed E-state index contributed by atoms with van der Waals surface area (Å²) in [4.78, 5) is 0. The molecule has 0 atom stereocenters. The molecule has 0 spiro atoms. The van der Waals surface area contributed by atoms with Gasteiger partial charge in [-0.15, -0.1) is 0 Å². The van der Waals surface area contributed by atoms with Crippen molar-refractivity contribution in [3.8, 4) is 0 Å². The molecule has 3 nitrogen and oxygen atoms in total. The predicted molar refractivity (Wildman–Crippen MR) is 73.3 cm³/mol. The smallest absolute Gasteiger partial charge is 1.00 e. The second-order valence-electron chi connectivity index (χ2n) is 2.57. The molecule has 0 unspecified atom stereocenters. The van der Waals surface area contributed by atoms with Crippen molar-refractivity contribution in [2.75, 3.05) is 39.3 Å². The molecule has 0 amide bonds. The largest absolute Gasteiger partial charge is 4.00 e. The Morgan fingerprint density at radius 2 is 0.588 bits per heavy atom. The van der Waals surface area contributed by atoms with Crippen LogP contribution in [-0.2, 0) is 25.8 Å². The van der Waals surface area contributed by atoms with Gasteiger partial charge in [0.25, 0.3) is 0 Å². The Balaban J connectivity index is -0.0000000400. The molecule has 0 aromatic rings. The van der Waals surface area contributed by atoms with E-state index >= 15 is 0 Å². The van der Waals surface area contributed by atoms with E-state index in [2.05, 4.69) is 16.0 Å². The third kappa shape index (κ3) is 77.8. The zero-order valence-electron chi connectivity index (χ0n) is 12.5. The Kier molecular flexibility index (Phi) is 78.8. The van der Waals surface area contributed by atoms with Crippen LogP contribution in [0.1, 0.15) is 41.5 Å². The Morgan fingerprint density at radius 3 is 0.588 bits per heavy atom. The van der Waals surface area contributed by atoms with Crippen molar-refractivity contribution in [2.24, 2.45) is 0 Å². The number of hydrogen-bond donors (Lipinski definition) is 0. The van der Waals surface area contributed by atoms with Crippen LogP contribution >= 0.6 is 0 Å². The van der Waals surface area contributed by atoms with Gasteiger partial charge in [-0.3, -0.25) is 0 Å². The topological polar surface area (TPSA) is 42.3 Å². The Bertz CT molecular complexity index is 58.5. The van der Waals surface area contributed by atoms with Crippen molar-refractivity contribution in [3.63, 3.8) is 0 Å². The monoisotopic (exact) mass is 431 g/mol. The molecule has 0 aliphatic carbocycles. The average Bonchev–Trinajstić information content (AvgIpc) is 2.23. The van der Waals surface area contributed by atoms with E-state index in [0.29, 0.717) is 0 Å². The van der Waals surface area contributed by atoms with Gasteiger partial charge in [-0.25, -0.2) is 0 Å². The second-order valence-corrected chi connectivity index (χ2v) is 2.57. The van der Waals surface area contributed by atoms with E-state index in [1.807, 2.05) is 41.5 Å². The van der Waals surface area contributed by atoms with Crippen molar-refractivity contribution in [3.05, 3.63) is 16.0 Å². The van der Waals surface area contributed by atoms with E-state index in [9.17, 15) is 0 Å². The molecule has 0 aromatic carbocycles. The van der Waals surface area contributed by atoms with E-state index in [-0.39, 0.29) is 38.3 Å². The summed E-state index contributed by atoms with van der Waals surface area (Å²) < 4.78 is 0. The molecule has 0 saturated carbocycles. The van der Waals surface area contributed by atoms with Crippen LogP contribution in [0, 0.1) is 0 Å². The third-order valence-electron chi connectivity index (χ3n) is 1.34. The van der Waals surface area contributed by atoms with E-state index in [1.165, 1.54) is 0 Å². The average molecular weight is 430 g/mol. The summed E-state index contributed by atoms with van der Waals surface area (Å²) in [6.07, 6.45) is 0. The van der Waals surface area contributed by atoms with E-state index < -0.39 is 0 Å². The van der Waals surface area contributed by atoms with E-state index in [0.717, 1.165) is 39.3 Å². The Labute approximate surface area is 134 Å². The van der Waals surface area contributed by atoms with Crippen molar-refractivity contribution >= 4 is 0 Å². The fourth-order valence-electron chi connectivity index (χ4n) is 0.671. The summed E-state index contributed by atoms with van der Waals surface area (Å²) in [6.45, 7) is 18.1. The van der Waals surface area contributed by atoms with Crippen LogP contribution < -0.4 is 12.4 Å². The van der Waals surface area contributed by atoms with Gasteiger partial charge in [-0.2, -0.15) is 39.3 Å². The fourth-order valence-corrected chi connectivity index (χ4v) is 0.671. The van der Waals surface area contributed by atoms with Gasteiger partial charge in [0.15, 0.2) is 0 Å². The minimum absolute atomic E-state index is 0. The summed E-state index contributed by atoms with van der Waals surface area (Å²) in [5.74, 6) is 0. The fraction of sp³-hybridized carbons (Fsp3) is 1.00. The van der Waals surface area contributed by atoms with Crippen LogP contribution in [0.3, 0.4) is 0 Å². The zero-order chi connectivity index (χ0) is 12.4. The first-order chi connectivity index (χ1) is 7.24. The molecule has 5 heteroatoms. The summed E-state index contributed by atoms with van der Waals surface area (Å²) >= 11 is 0. The van der Waals surface area contributed by atoms with Crippen LogP contribution in [0.5, 0.6) is 0 Å². The SMILES string of the molecule is CC[N-]CC.CC[N-]CC.CC[N-]CC.[Cl-].[Hf+4]. The maximum atomic E-state index is 3.97. The maximum absolute atomic E-state index is 3.97. The molecule has 0 bridgehead atoms. The molecule has 0 fully saturated rings. The molecule has 17 heavy (non-hydrogen) atoms. The number of rotatable bonds is 6. The van der Waals surface area contributed by atoms with Gasteiger partial charge in [0, 0.05) is 0 Å². The van der Waals surface area contributed by atoms with Crippen molar-refractivity contribution in [1.82, 2.24) is 0 Å². The van der Waals surface area contributed by atoms with Crippen LogP contribution in [0.15, 0.2) is 0 Å². The van der Waals surface area contributed by atoms with Gasteiger partial charge in [0.1, 0.15) is 0 Å². The first kappa shape index (κ1) is 30.8. The molecule has 0 aromatic heterocycles. The summed E-state index contributed by atoms with van der Waals surface area (Å²) in [7, 11) is 0. The van der Waals surface area contributed by atoms with Crippen LogP contribution in [0.2, 0.25) is 0 Å². The van der Waals surface area contributed by atoms with Gasteiger partial charge in [0.2, 0.25) is 0 Å². The normalized spacial score (nSPS) is 7.41. The van der Waals surface area contributed by atoms with Crippen molar-refractivity contribution in [2.45, 2.75) is 41.5 Å². The molecular formula is C12H30ClHfN3. The Morgan fingerprint density at radius 1 is 0.471 bits per heavy atom. The first-order valence-corrected chi connectivity index (χ1v) is 6.14. The molecule has 0 saturated heterocycles. The molecule has 0 heterocycles. The third-order valence-corrected chi connectivity index (χ3v) is 1.34. The molecule has 0 radical (unpaired) electrons. The van der Waals surface area contributed by atoms with Crippen LogP contribution in [0.4, 0.5) is 0 Å². The first-order valence-electron chi connectivity index (χ1n) is 6.14. The minimum atomic E-state index is 0. The summed E-state index contributed by atoms with van der Waals surface area (Å²) in [6, 6.07) is 0. The van der Waals surface area contributed by atoms with Gasteiger partial charge >= 0.3 is 25.8 Å². The van der Waals surface area contributed by atoms with Gasteiger partial charge in [-0.05, 0) is 0 Å². The Hall–Kier alpha value is 1.04. The van der Waals surface area contributed by atoms with Gasteiger partial charge in [-0.1, -0.05) is 41.5 Å². The number of nitrogens with zero attached hydrogens (tertiary/aromatic N) is 3. The number of halogens is 1. The van der Waals surface area contributed by atoms with Crippen molar-refractivity contribution in [1.29, 1.82) is 0 Å².